The summed E-state index contributed by atoms with van der Waals surface area (Å²) in [5, 5.41) is 13.6. The van der Waals surface area contributed by atoms with Crippen LogP contribution in [0.25, 0.3) is 0 Å². The highest BCUT2D eigenvalue weighted by atomic mass is 16.7. The van der Waals surface area contributed by atoms with Crippen LogP contribution in [0.15, 0.2) is 5.16 Å². The van der Waals surface area contributed by atoms with Crippen molar-refractivity contribution in [2.45, 2.75) is 51.7 Å². The molecule has 1 saturated carbocycles. The zero-order valence-electron chi connectivity index (χ0n) is 10.1. The van der Waals surface area contributed by atoms with Crippen LogP contribution in [-0.2, 0) is 14.4 Å². The van der Waals surface area contributed by atoms with Crippen LogP contribution < -0.4 is 0 Å². The number of carbonyl (C=O) groups is 1. The second-order valence-corrected chi connectivity index (χ2v) is 4.82. The van der Waals surface area contributed by atoms with Crippen molar-refractivity contribution < 1.29 is 19.5 Å². The Balaban J connectivity index is 2.10. The van der Waals surface area contributed by atoms with Crippen LogP contribution in [0.5, 0.6) is 0 Å². The van der Waals surface area contributed by atoms with Gasteiger partial charge in [-0.2, -0.15) is 0 Å². The number of carbonyl (C=O) groups excluding carboxylic acids is 1. The lowest BCUT2D eigenvalue weighted by Crippen LogP contribution is -2.44. The molecule has 1 spiro atoms. The molecule has 0 bridgehead atoms. The molecule has 17 heavy (non-hydrogen) atoms. The van der Waals surface area contributed by atoms with Crippen molar-refractivity contribution in [1.29, 1.82) is 0 Å². The highest BCUT2D eigenvalue weighted by Gasteiger charge is 2.46. The third-order valence-electron chi connectivity index (χ3n) is 3.67. The quantitative estimate of drug-likeness (QED) is 0.745. The highest BCUT2D eigenvalue weighted by molar-refractivity contribution is 6.36. The van der Waals surface area contributed by atoms with Gasteiger partial charge < -0.3 is 14.7 Å². The van der Waals surface area contributed by atoms with Gasteiger partial charge in [0.05, 0.1) is 6.61 Å². The third kappa shape index (κ3) is 2.44. The fourth-order valence-corrected chi connectivity index (χ4v) is 2.68. The molecule has 0 aromatic rings. The topological polar surface area (TPSA) is 68.1 Å². The van der Waals surface area contributed by atoms with Crippen molar-refractivity contribution in [3.63, 3.8) is 0 Å². The molecule has 0 aromatic heterocycles. The summed E-state index contributed by atoms with van der Waals surface area (Å²) in [6.07, 6.45) is 4.65. The number of ether oxygens (including phenoxy) is 1. The Kier molecular flexibility index (Phi) is 3.66. The van der Waals surface area contributed by atoms with Crippen LogP contribution in [0.3, 0.4) is 0 Å². The zero-order chi connectivity index (χ0) is 12.3. The molecule has 0 radical (unpaired) electrons. The predicted octanol–water partition coefficient (Wildman–Crippen LogP) is 1.59. The summed E-state index contributed by atoms with van der Waals surface area (Å²) in [5.74, 6) is -0.427. The van der Waals surface area contributed by atoms with E-state index in [1.54, 1.807) is 6.92 Å². The number of aliphatic hydroxyl groups excluding tert-OH is 1. The molecule has 1 heterocycles. The molecule has 96 valence electrons. The van der Waals surface area contributed by atoms with Crippen molar-refractivity contribution in [2.24, 2.45) is 10.6 Å². The Morgan fingerprint density at radius 1 is 1.53 bits per heavy atom. The van der Waals surface area contributed by atoms with E-state index in [4.69, 9.17) is 9.57 Å². The normalized spacial score (nSPS) is 27.2. The summed E-state index contributed by atoms with van der Waals surface area (Å²) in [6.45, 7) is 2.08. The first kappa shape index (κ1) is 12.4. The lowest BCUT2D eigenvalue weighted by Gasteiger charge is -2.41. The molecule has 1 aliphatic carbocycles. The standard InChI is InChI=1S/C12H19NO4/c1-2-16-10(14)9-8-12(11(15)17-13-9)6-4-3-5-7-12/h11,15H,2-8H2,1H3. The molecule has 0 aromatic carbocycles. The highest BCUT2D eigenvalue weighted by Crippen LogP contribution is 2.44. The second kappa shape index (κ2) is 5.04. The number of hydrogen-bond donors (Lipinski definition) is 1. The van der Waals surface area contributed by atoms with Gasteiger partial charge in [0.2, 0.25) is 6.29 Å². The first-order valence-corrected chi connectivity index (χ1v) is 6.26. The maximum atomic E-state index is 11.6. The predicted molar refractivity (Wildman–Crippen MR) is 61.3 cm³/mol. The van der Waals surface area contributed by atoms with Gasteiger partial charge in [-0.3, -0.25) is 0 Å². The average molecular weight is 241 g/mol. The SMILES string of the molecule is CCOC(=O)C1=NOC(O)C2(CCCCC2)C1. The molecule has 1 unspecified atom stereocenters. The minimum Gasteiger partial charge on any atom is -0.461 e. The summed E-state index contributed by atoms with van der Waals surface area (Å²) >= 11 is 0. The van der Waals surface area contributed by atoms with Crippen LogP contribution >= 0.6 is 0 Å². The molecule has 1 atom stereocenters. The number of aliphatic hydroxyl groups is 1. The van der Waals surface area contributed by atoms with E-state index in [9.17, 15) is 9.90 Å². The van der Waals surface area contributed by atoms with Gasteiger partial charge in [-0.05, 0) is 19.8 Å². The van der Waals surface area contributed by atoms with E-state index >= 15 is 0 Å². The van der Waals surface area contributed by atoms with Gasteiger partial charge in [-0.1, -0.05) is 24.4 Å². The molecule has 2 rings (SSSR count). The molecule has 1 fully saturated rings. The Morgan fingerprint density at radius 2 is 2.24 bits per heavy atom. The van der Waals surface area contributed by atoms with E-state index in [1.807, 2.05) is 0 Å². The van der Waals surface area contributed by atoms with Crippen molar-refractivity contribution >= 4 is 11.7 Å². The number of esters is 1. The third-order valence-corrected chi connectivity index (χ3v) is 3.67. The Hall–Kier alpha value is -1.10. The van der Waals surface area contributed by atoms with Crippen LogP contribution in [0, 0.1) is 5.41 Å². The minimum absolute atomic E-state index is 0.305. The number of hydrogen-bond acceptors (Lipinski definition) is 5. The Bertz CT molecular complexity index is 320. The molecule has 0 amide bonds. The van der Waals surface area contributed by atoms with Gasteiger partial charge in [-0.15, -0.1) is 0 Å². The average Bonchev–Trinajstić information content (AvgIpc) is 2.34. The Labute approximate surface area is 101 Å². The van der Waals surface area contributed by atoms with E-state index in [-0.39, 0.29) is 5.41 Å². The molecule has 1 N–H and O–H groups in total. The monoisotopic (exact) mass is 241 g/mol. The van der Waals surface area contributed by atoms with Gasteiger partial charge in [0.1, 0.15) is 0 Å². The maximum Gasteiger partial charge on any atom is 0.356 e. The number of oxime groups is 1. The summed E-state index contributed by atoms with van der Waals surface area (Å²) in [6, 6.07) is 0. The molecular formula is C12H19NO4. The van der Waals surface area contributed by atoms with Crippen LogP contribution in [0.2, 0.25) is 0 Å². The molecule has 1 aliphatic heterocycles. The molecule has 5 nitrogen and oxygen atoms in total. The second-order valence-electron chi connectivity index (χ2n) is 4.82. The molecule has 2 aliphatic rings. The van der Waals surface area contributed by atoms with E-state index < -0.39 is 12.3 Å². The maximum absolute atomic E-state index is 11.6. The van der Waals surface area contributed by atoms with Crippen molar-refractivity contribution in [3.05, 3.63) is 0 Å². The Morgan fingerprint density at radius 3 is 2.88 bits per heavy atom. The van der Waals surface area contributed by atoms with Crippen LogP contribution in [-0.4, -0.2) is 29.7 Å². The molecule has 0 saturated heterocycles. The first-order valence-electron chi connectivity index (χ1n) is 6.26. The minimum atomic E-state index is -0.888. The zero-order valence-corrected chi connectivity index (χ0v) is 10.1. The van der Waals surface area contributed by atoms with E-state index in [2.05, 4.69) is 5.16 Å². The fraction of sp³-hybridized carbons (Fsp3) is 0.833. The van der Waals surface area contributed by atoms with E-state index in [0.717, 1.165) is 25.7 Å². The van der Waals surface area contributed by atoms with Gasteiger partial charge >= 0.3 is 5.97 Å². The summed E-state index contributed by atoms with van der Waals surface area (Å²) in [7, 11) is 0. The van der Waals surface area contributed by atoms with Crippen molar-refractivity contribution in [3.8, 4) is 0 Å². The molecule has 5 heteroatoms. The molecular weight excluding hydrogens is 222 g/mol. The van der Waals surface area contributed by atoms with Gasteiger partial charge in [0.15, 0.2) is 5.71 Å². The smallest absolute Gasteiger partial charge is 0.356 e. The van der Waals surface area contributed by atoms with Crippen molar-refractivity contribution in [1.82, 2.24) is 0 Å². The first-order chi connectivity index (χ1) is 8.18. The number of rotatable bonds is 2. The van der Waals surface area contributed by atoms with Crippen molar-refractivity contribution in [2.75, 3.05) is 6.61 Å². The lowest BCUT2D eigenvalue weighted by atomic mass is 9.70. The summed E-state index contributed by atoms with van der Waals surface area (Å²) in [4.78, 5) is 16.6. The van der Waals surface area contributed by atoms with Crippen LogP contribution in [0.4, 0.5) is 0 Å². The fourth-order valence-electron chi connectivity index (χ4n) is 2.68. The van der Waals surface area contributed by atoms with Gasteiger partial charge in [0.25, 0.3) is 0 Å². The number of nitrogens with zero attached hydrogens (tertiary/aromatic N) is 1. The summed E-state index contributed by atoms with van der Waals surface area (Å²) < 4.78 is 4.92. The van der Waals surface area contributed by atoms with E-state index in [0.29, 0.717) is 18.7 Å². The van der Waals surface area contributed by atoms with Crippen LogP contribution in [0.1, 0.15) is 45.4 Å². The van der Waals surface area contributed by atoms with E-state index in [1.165, 1.54) is 6.42 Å². The van der Waals surface area contributed by atoms with Gasteiger partial charge in [-0.25, -0.2) is 4.79 Å². The largest absolute Gasteiger partial charge is 0.461 e. The lowest BCUT2D eigenvalue weighted by molar-refractivity contribution is -0.194. The summed E-state index contributed by atoms with van der Waals surface area (Å²) in [5.41, 5.74) is -0.0266. The van der Waals surface area contributed by atoms with Gasteiger partial charge in [0, 0.05) is 11.8 Å².